The van der Waals surface area contributed by atoms with Gasteiger partial charge < -0.3 is 18.4 Å². The Bertz CT molecular complexity index is 28.9. The molecule has 0 atom stereocenters. The largest absolute Gasteiger partial charge is 2.00 e. The molecule has 7 heteroatoms. The zero-order valence-electron chi connectivity index (χ0n) is 5.53. The molecule has 0 heterocycles. The standard InChI is InChI=1S/BH3O4.Ca.H2O.2H/c2-1(3)5-4;;;;/h2-4H;;1H2;;/q;+2;;2*-1. The molecular formula is H7BCaO5. The Morgan fingerprint density at radius 1 is 1.43 bits per heavy atom. The first-order valence-electron chi connectivity index (χ1n) is 0.935. The summed E-state index contributed by atoms with van der Waals surface area (Å²) in [7, 11) is -2.06. The molecule has 0 saturated carbocycles. The summed E-state index contributed by atoms with van der Waals surface area (Å²) in [4.78, 5) is 2.86. The maximum Gasteiger partial charge on any atom is 2.00 e. The zero-order valence-corrected chi connectivity index (χ0v) is 5.74. The van der Waals surface area contributed by atoms with Gasteiger partial charge in [0, 0.05) is 0 Å². The number of hydrogen-bond acceptors (Lipinski definition) is 4. The SMILES string of the molecule is O.OOB(O)O.[Ca+2].[H-].[H-]. The molecule has 0 spiro atoms. The molecule has 0 unspecified atom stereocenters. The van der Waals surface area contributed by atoms with Crippen LogP contribution in [-0.4, -0.2) is 65.8 Å². The van der Waals surface area contributed by atoms with Crippen molar-refractivity contribution >= 4 is 45.1 Å². The van der Waals surface area contributed by atoms with E-state index in [1.807, 2.05) is 0 Å². The summed E-state index contributed by atoms with van der Waals surface area (Å²) in [6.45, 7) is 0. The number of rotatable bonds is 1. The maximum absolute atomic E-state index is 7.44. The summed E-state index contributed by atoms with van der Waals surface area (Å²) in [5.41, 5.74) is 0. The summed E-state index contributed by atoms with van der Waals surface area (Å²) >= 11 is 0. The molecule has 0 fully saturated rings. The van der Waals surface area contributed by atoms with Gasteiger partial charge in [-0.25, -0.2) is 4.81 Å². The normalized spacial score (nSPS) is 5.57. The molecular weight excluding hydrogens is 131 g/mol. The van der Waals surface area contributed by atoms with Crippen LogP contribution in [-0.2, 0) is 4.81 Å². The van der Waals surface area contributed by atoms with E-state index in [1.54, 1.807) is 0 Å². The third kappa shape index (κ3) is 19.2. The van der Waals surface area contributed by atoms with Gasteiger partial charge in [0.25, 0.3) is 0 Å². The van der Waals surface area contributed by atoms with E-state index in [0.29, 0.717) is 0 Å². The average molecular weight is 138 g/mol. The van der Waals surface area contributed by atoms with E-state index in [0.717, 1.165) is 0 Å². The predicted molar refractivity (Wildman–Crippen MR) is 25.5 cm³/mol. The fraction of sp³-hybridized carbons (Fsp3) is 0. The molecule has 7 heavy (non-hydrogen) atoms. The van der Waals surface area contributed by atoms with E-state index in [9.17, 15) is 0 Å². The molecule has 0 aromatic carbocycles. The van der Waals surface area contributed by atoms with E-state index in [4.69, 9.17) is 15.3 Å². The topological polar surface area (TPSA) is 101 Å². The first-order chi connectivity index (χ1) is 2.27. The summed E-state index contributed by atoms with van der Waals surface area (Å²) in [6.07, 6.45) is 0. The Morgan fingerprint density at radius 2 is 1.57 bits per heavy atom. The van der Waals surface area contributed by atoms with Crippen molar-refractivity contribution in [3.05, 3.63) is 0 Å². The van der Waals surface area contributed by atoms with Gasteiger partial charge in [-0.1, -0.05) is 0 Å². The van der Waals surface area contributed by atoms with E-state index in [1.165, 1.54) is 0 Å². The monoisotopic (exact) mass is 138 g/mol. The van der Waals surface area contributed by atoms with E-state index < -0.39 is 7.32 Å². The Labute approximate surface area is 73.3 Å². The Kier molecular flexibility index (Phi) is 22.8. The second kappa shape index (κ2) is 10.2. The van der Waals surface area contributed by atoms with Crippen LogP contribution in [0, 0.1) is 0 Å². The molecule has 5 N–H and O–H groups in total. The third-order valence-electron chi connectivity index (χ3n) is 0.0943. The van der Waals surface area contributed by atoms with Crippen LogP contribution in [0.25, 0.3) is 0 Å². The first-order valence-corrected chi connectivity index (χ1v) is 0.935. The van der Waals surface area contributed by atoms with Gasteiger partial charge in [-0.2, -0.15) is 0 Å². The van der Waals surface area contributed by atoms with Gasteiger partial charge >= 0.3 is 45.1 Å². The van der Waals surface area contributed by atoms with Crippen LogP contribution < -0.4 is 0 Å². The summed E-state index contributed by atoms with van der Waals surface area (Å²) < 4.78 is 0. The van der Waals surface area contributed by atoms with Gasteiger partial charge in [-0.15, -0.1) is 0 Å². The van der Waals surface area contributed by atoms with Crippen LogP contribution in [0.2, 0.25) is 0 Å². The molecule has 0 aliphatic rings. The first kappa shape index (κ1) is 15.7. The van der Waals surface area contributed by atoms with Crippen molar-refractivity contribution in [2.45, 2.75) is 0 Å². The molecule has 0 saturated heterocycles. The predicted octanol–water partition coefficient (Wildman–Crippen LogP) is -2.53. The minimum absolute atomic E-state index is 0. The summed E-state index contributed by atoms with van der Waals surface area (Å²) in [5.74, 6) is 0. The zero-order chi connectivity index (χ0) is 4.28. The minimum Gasteiger partial charge on any atom is -1.00 e. The molecule has 0 bridgehead atoms. The van der Waals surface area contributed by atoms with Crippen molar-refractivity contribution < 1.29 is 28.4 Å². The maximum atomic E-state index is 7.44. The van der Waals surface area contributed by atoms with E-state index in [-0.39, 0.29) is 46.1 Å². The van der Waals surface area contributed by atoms with Gasteiger partial charge in [0.2, 0.25) is 0 Å². The number of hydrogen-bond donors (Lipinski definition) is 3. The molecule has 5 nitrogen and oxygen atoms in total. The molecule has 0 radical (unpaired) electrons. The molecule has 0 aliphatic heterocycles. The van der Waals surface area contributed by atoms with Crippen molar-refractivity contribution in [2.75, 3.05) is 0 Å². The van der Waals surface area contributed by atoms with Crippen molar-refractivity contribution in [1.82, 2.24) is 0 Å². The van der Waals surface area contributed by atoms with E-state index >= 15 is 0 Å². The van der Waals surface area contributed by atoms with Crippen LogP contribution in [0.1, 0.15) is 2.85 Å². The smallest absolute Gasteiger partial charge is 1.00 e. The van der Waals surface area contributed by atoms with Gasteiger partial charge in [0.05, 0.1) is 0 Å². The molecule has 0 aromatic heterocycles. The summed E-state index contributed by atoms with van der Waals surface area (Å²) in [6, 6.07) is 0. The van der Waals surface area contributed by atoms with Crippen LogP contribution in [0.15, 0.2) is 0 Å². The van der Waals surface area contributed by atoms with E-state index in [2.05, 4.69) is 4.81 Å². The van der Waals surface area contributed by atoms with Crippen LogP contribution in [0.5, 0.6) is 0 Å². The van der Waals surface area contributed by atoms with Gasteiger partial charge in [-0.3, -0.25) is 5.26 Å². The summed E-state index contributed by atoms with van der Waals surface area (Å²) in [5, 5.41) is 22.0. The molecule has 0 aromatic rings. The Morgan fingerprint density at radius 3 is 1.57 bits per heavy atom. The molecule has 0 amide bonds. The van der Waals surface area contributed by atoms with Gasteiger partial charge in [0.1, 0.15) is 0 Å². The molecule has 0 rings (SSSR count). The van der Waals surface area contributed by atoms with Crippen LogP contribution >= 0.6 is 0 Å². The Hall–Kier alpha value is 1.12. The Balaban J connectivity index is -0.0000000133. The average Bonchev–Trinajstić information content (AvgIpc) is 1.38. The van der Waals surface area contributed by atoms with Crippen molar-refractivity contribution in [3.63, 3.8) is 0 Å². The van der Waals surface area contributed by atoms with Crippen molar-refractivity contribution in [1.29, 1.82) is 0 Å². The van der Waals surface area contributed by atoms with Gasteiger partial charge in [0.15, 0.2) is 0 Å². The molecule has 0 aliphatic carbocycles. The molecule has 42 valence electrons. The van der Waals surface area contributed by atoms with Crippen LogP contribution in [0.4, 0.5) is 0 Å². The minimum atomic E-state index is -2.06. The third-order valence-corrected chi connectivity index (χ3v) is 0.0943. The van der Waals surface area contributed by atoms with Crippen molar-refractivity contribution in [2.24, 2.45) is 0 Å². The van der Waals surface area contributed by atoms with Gasteiger partial charge in [-0.05, 0) is 0 Å². The fourth-order valence-electron chi connectivity index (χ4n) is 0. The quantitative estimate of drug-likeness (QED) is 0.211. The second-order valence-electron chi connectivity index (χ2n) is 0.432. The van der Waals surface area contributed by atoms with Crippen LogP contribution in [0.3, 0.4) is 0 Å². The second-order valence-corrected chi connectivity index (χ2v) is 0.432. The van der Waals surface area contributed by atoms with Crippen molar-refractivity contribution in [3.8, 4) is 0 Å². The fourth-order valence-corrected chi connectivity index (χ4v) is 0.